The van der Waals surface area contributed by atoms with Crippen molar-refractivity contribution in [1.29, 1.82) is 0 Å². The number of nitrogens with one attached hydrogen (secondary N) is 2. The summed E-state index contributed by atoms with van der Waals surface area (Å²) >= 11 is 0. The van der Waals surface area contributed by atoms with E-state index >= 15 is 0 Å². The highest BCUT2D eigenvalue weighted by molar-refractivity contribution is 5.95. The molecule has 2 aliphatic rings. The minimum Gasteiger partial charge on any atom is -0.497 e. The summed E-state index contributed by atoms with van der Waals surface area (Å²) < 4.78 is 35.4. The molecule has 0 spiro atoms. The lowest BCUT2D eigenvalue weighted by Gasteiger charge is -2.29. The number of carbonyl (C=O) groups is 2. The number of benzene rings is 3. The molecule has 0 saturated heterocycles. The van der Waals surface area contributed by atoms with E-state index in [1.165, 1.54) is 12.1 Å². The van der Waals surface area contributed by atoms with Crippen molar-refractivity contribution in [3.8, 4) is 17.2 Å². The van der Waals surface area contributed by atoms with Crippen LogP contribution in [0.4, 0.5) is 9.18 Å². The number of urea groups is 1. The van der Waals surface area contributed by atoms with Gasteiger partial charge < -0.3 is 29.6 Å². The lowest BCUT2D eigenvalue weighted by Crippen LogP contribution is -2.46. The van der Waals surface area contributed by atoms with Crippen LogP contribution in [0.25, 0.3) is 0 Å². The standard InChI is InChI=1S/C28H25FN2O6/c1-34-21-7-3-5-19(14-21)26-25(27(32)35-15-18-4-2-6-20(29)12-18)22(30-28(33)31-26)10-8-17-9-11-23-24(13-17)37-16-36-23/h2-7,9,11-14,26H,8,10,15-16H2,1H3,(H2,30,31,33). The number of methoxy groups -OCH3 is 1. The van der Waals surface area contributed by atoms with Crippen molar-refractivity contribution in [3.63, 3.8) is 0 Å². The smallest absolute Gasteiger partial charge is 0.338 e. The first-order valence-electron chi connectivity index (χ1n) is 11.7. The SMILES string of the molecule is COc1cccc(C2NC(=O)NC(CCc3ccc4c(c3)OCO4)=C2C(=O)OCc2cccc(F)c2)c1. The molecule has 0 bridgehead atoms. The number of ether oxygens (including phenoxy) is 4. The number of amides is 2. The molecular weight excluding hydrogens is 479 g/mol. The first-order chi connectivity index (χ1) is 18.0. The highest BCUT2D eigenvalue weighted by atomic mass is 19.1. The molecule has 2 heterocycles. The fraction of sp³-hybridized carbons (Fsp3) is 0.214. The molecule has 3 aromatic carbocycles. The molecule has 2 N–H and O–H groups in total. The van der Waals surface area contributed by atoms with Crippen LogP contribution in [-0.2, 0) is 22.6 Å². The van der Waals surface area contributed by atoms with Crippen LogP contribution in [0.3, 0.4) is 0 Å². The molecule has 2 aliphatic heterocycles. The number of halogens is 1. The summed E-state index contributed by atoms with van der Waals surface area (Å²) in [4.78, 5) is 26.1. The fourth-order valence-electron chi connectivity index (χ4n) is 4.35. The second kappa shape index (κ2) is 10.6. The number of carbonyl (C=O) groups excluding carboxylic acids is 2. The Bertz CT molecular complexity index is 1370. The summed E-state index contributed by atoms with van der Waals surface area (Å²) in [6, 6.07) is 17.4. The molecule has 1 unspecified atom stereocenters. The molecule has 37 heavy (non-hydrogen) atoms. The first kappa shape index (κ1) is 24.2. The number of esters is 1. The zero-order chi connectivity index (χ0) is 25.8. The highest BCUT2D eigenvalue weighted by Gasteiger charge is 2.34. The van der Waals surface area contributed by atoms with Gasteiger partial charge in [0.25, 0.3) is 0 Å². The van der Waals surface area contributed by atoms with Gasteiger partial charge >= 0.3 is 12.0 Å². The lowest BCUT2D eigenvalue weighted by molar-refractivity contribution is -0.140. The summed E-state index contributed by atoms with van der Waals surface area (Å²) in [6.45, 7) is 0.0590. The minimum absolute atomic E-state index is 0.117. The average molecular weight is 505 g/mol. The highest BCUT2D eigenvalue weighted by Crippen LogP contribution is 2.34. The van der Waals surface area contributed by atoms with Gasteiger partial charge in [-0.3, -0.25) is 0 Å². The number of rotatable bonds is 8. The maximum absolute atomic E-state index is 13.6. The van der Waals surface area contributed by atoms with Gasteiger partial charge in [0.2, 0.25) is 6.79 Å². The van der Waals surface area contributed by atoms with Crippen LogP contribution in [0.1, 0.15) is 29.2 Å². The Hall–Kier alpha value is -4.53. The molecule has 8 nitrogen and oxygen atoms in total. The van der Waals surface area contributed by atoms with Crippen molar-refractivity contribution < 1.29 is 32.9 Å². The maximum Gasteiger partial charge on any atom is 0.338 e. The maximum atomic E-state index is 13.6. The lowest BCUT2D eigenvalue weighted by atomic mass is 9.93. The summed E-state index contributed by atoms with van der Waals surface area (Å²) in [5.41, 5.74) is 2.84. The third-order valence-corrected chi connectivity index (χ3v) is 6.16. The van der Waals surface area contributed by atoms with Gasteiger partial charge in [-0.25, -0.2) is 14.0 Å². The topological polar surface area (TPSA) is 95.1 Å². The number of fused-ring (bicyclic) bond motifs is 1. The molecule has 5 rings (SSSR count). The van der Waals surface area contributed by atoms with E-state index in [0.29, 0.717) is 46.9 Å². The van der Waals surface area contributed by atoms with E-state index in [4.69, 9.17) is 18.9 Å². The summed E-state index contributed by atoms with van der Waals surface area (Å²) in [5.74, 6) is 0.880. The van der Waals surface area contributed by atoms with E-state index in [2.05, 4.69) is 10.6 Å². The van der Waals surface area contributed by atoms with Gasteiger partial charge in [0.1, 0.15) is 18.2 Å². The molecule has 1 atom stereocenters. The molecule has 9 heteroatoms. The third kappa shape index (κ3) is 5.50. The Morgan fingerprint density at radius 1 is 1.00 bits per heavy atom. The number of allylic oxidation sites excluding steroid dienone is 1. The Morgan fingerprint density at radius 3 is 2.68 bits per heavy atom. The monoisotopic (exact) mass is 504 g/mol. The number of hydrogen-bond donors (Lipinski definition) is 2. The molecule has 190 valence electrons. The number of hydrogen-bond acceptors (Lipinski definition) is 6. The Kier molecular flexibility index (Phi) is 6.93. The summed E-state index contributed by atoms with van der Waals surface area (Å²) in [7, 11) is 1.54. The predicted octanol–water partition coefficient (Wildman–Crippen LogP) is 4.55. The van der Waals surface area contributed by atoms with E-state index in [1.54, 1.807) is 43.5 Å². The molecule has 0 aromatic heterocycles. The molecule has 0 radical (unpaired) electrons. The van der Waals surface area contributed by atoms with Crippen LogP contribution in [0.2, 0.25) is 0 Å². The van der Waals surface area contributed by atoms with Crippen molar-refractivity contribution in [1.82, 2.24) is 10.6 Å². The van der Waals surface area contributed by atoms with Crippen molar-refractivity contribution in [2.75, 3.05) is 13.9 Å². The van der Waals surface area contributed by atoms with Crippen LogP contribution in [0, 0.1) is 5.82 Å². The van der Waals surface area contributed by atoms with Crippen molar-refractivity contribution in [2.24, 2.45) is 0 Å². The zero-order valence-corrected chi connectivity index (χ0v) is 20.1. The van der Waals surface area contributed by atoms with Gasteiger partial charge in [-0.1, -0.05) is 30.3 Å². The Balaban J connectivity index is 1.45. The van der Waals surface area contributed by atoms with Gasteiger partial charge in [-0.15, -0.1) is 0 Å². The molecule has 0 saturated carbocycles. The van der Waals surface area contributed by atoms with Crippen LogP contribution in [0.5, 0.6) is 17.2 Å². The van der Waals surface area contributed by atoms with E-state index in [9.17, 15) is 14.0 Å². The number of aryl methyl sites for hydroxylation is 1. The first-order valence-corrected chi connectivity index (χ1v) is 11.7. The molecule has 3 aromatic rings. The summed E-state index contributed by atoms with van der Waals surface area (Å²) in [5, 5.41) is 5.61. The predicted molar refractivity (Wildman–Crippen MR) is 132 cm³/mol. The molecular formula is C28H25FN2O6. The molecule has 2 amide bonds. The van der Waals surface area contributed by atoms with Gasteiger partial charge in [0.15, 0.2) is 11.5 Å². The van der Waals surface area contributed by atoms with Crippen LogP contribution in [-0.4, -0.2) is 25.9 Å². The quantitative estimate of drug-likeness (QED) is 0.437. The van der Waals surface area contributed by atoms with Crippen molar-refractivity contribution in [2.45, 2.75) is 25.5 Å². The molecule has 0 aliphatic carbocycles. The third-order valence-electron chi connectivity index (χ3n) is 6.16. The average Bonchev–Trinajstić information content (AvgIpc) is 3.38. The zero-order valence-electron chi connectivity index (χ0n) is 20.1. The van der Waals surface area contributed by atoms with E-state index in [0.717, 1.165) is 5.56 Å². The second-order valence-corrected chi connectivity index (χ2v) is 8.59. The van der Waals surface area contributed by atoms with Crippen molar-refractivity contribution >= 4 is 12.0 Å². The second-order valence-electron chi connectivity index (χ2n) is 8.59. The fourth-order valence-corrected chi connectivity index (χ4v) is 4.35. The van der Waals surface area contributed by atoms with E-state index in [1.807, 2.05) is 18.2 Å². The molecule has 0 fully saturated rings. The minimum atomic E-state index is -0.768. The normalized spacial score (nSPS) is 16.2. The largest absolute Gasteiger partial charge is 0.497 e. The van der Waals surface area contributed by atoms with Gasteiger partial charge in [0.05, 0.1) is 18.7 Å². The van der Waals surface area contributed by atoms with Crippen LogP contribution >= 0.6 is 0 Å². The van der Waals surface area contributed by atoms with Gasteiger partial charge in [-0.2, -0.15) is 0 Å². The van der Waals surface area contributed by atoms with Crippen LogP contribution < -0.4 is 24.8 Å². The Labute approximate surface area is 213 Å². The van der Waals surface area contributed by atoms with Crippen molar-refractivity contribution in [3.05, 3.63) is 101 Å². The van der Waals surface area contributed by atoms with Crippen LogP contribution in [0.15, 0.2) is 78.0 Å². The Morgan fingerprint density at radius 2 is 1.84 bits per heavy atom. The van der Waals surface area contributed by atoms with E-state index in [-0.39, 0.29) is 19.0 Å². The summed E-state index contributed by atoms with van der Waals surface area (Å²) in [6.07, 6.45) is 0.885. The van der Waals surface area contributed by atoms with E-state index < -0.39 is 23.9 Å². The van der Waals surface area contributed by atoms with Gasteiger partial charge in [-0.05, 0) is 65.9 Å². The van der Waals surface area contributed by atoms with Gasteiger partial charge in [0, 0.05) is 5.70 Å².